The molecule has 0 aliphatic carbocycles. The number of ether oxygens (including phenoxy) is 1. The summed E-state index contributed by atoms with van der Waals surface area (Å²) in [6.07, 6.45) is 0.602. The minimum atomic E-state index is -3.76. The SMILES string of the molecule is CC#CCCOc1c(Br)cc(S(=O)(=O)Cl)cc1Br. The van der Waals surface area contributed by atoms with Crippen LogP contribution in [0, 0.1) is 11.8 Å². The highest BCUT2D eigenvalue weighted by atomic mass is 79.9. The van der Waals surface area contributed by atoms with Crippen LogP contribution < -0.4 is 4.74 Å². The fraction of sp³-hybridized carbons (Fsp3) is 0.273. The van der Waals surface area contributed by atoms with E-state index in [9.17, 15) is 8.42 Å². The molecule has 0 unspecified atom stereocenters. The second kappa shape index (κ2) is 6.80. The van der Waals surface area contributed by atoms with E-state index in [1.54, 1.807) is 6.92 Å². The second-order valence-electron chi connectivity index (χ2n) is 3.18. The molecule has 1 aromatic carbocycles. The van der Waals surface area contributed by atoms with Crippen molar-refractivity contribution in [2.75, 3.05) is 6.61 Å². The second-order valence-corrected chi connectivity index (χ2v) is 7.45. The minimum Gasteiger partial charge on any atom is -0.490 e. The molecule has 0 heterocycles. The van der Waals surface area contributed by atoms with Crippen LogP contribution in [0.15, 0.2) is 26.0 Å². The predicted octanol–water partition coefficient (Wildman–Crippen LogP) is 3.93. The zero-order valence-corrected chi connectivity index (χ0v) is 14.1. The molecule has 1 rings (SSSR count). The Morgan fingerprint density at radius 2 is 1.89 bits per heavy atom. The quantitative estimate of drug-likeness (QED) is 0.424. The third kappa shape index (κ3) is 4.47. The van der Waals surface area contributed by atoms with Crippen molar-refractivity contribution in [3.8, 4) is 17.6 Å². The van der Waals surface area contributed by atoms with Gasteiger partial charge in [0.1, 0.15) is 5.75 Å². The van der Waals surface area contributed by atoms with Gasteiger partial charge in [0.05, 0.1) is 20.4 Å². The van der Waals surface area contributed by atoms with Gasteiger partial charge in [-0.3, -0.25) is 0 Å². The lowest BCUT2D eigenvalue weighted by Gasteiger charge is -2.10. The van der Waals surface area contributed by atoms with Crippen LogP contribution in [0.25, 0.3) is 0 Å². The average Bonchev–Trinajstić information content (AvgIpc) is 2.25. The maximum absolute atomic E-state index is 11.2. The monoisotopic (exact) mass is 414 g/mol. The Morgan fingerprint density at radius 1 is 1.33 bits per heavy atom. The van der Waals surface area contributed by atoms with Crippen LogP contribution in [0.5, 0.6) is 5.75 Å². The minimum absolute atomic E-state index is 0.00335. The van der Waals surface area contributed by atoms with Gasteiger partial charge in [-0.1, -0.05) is 0 Å². The van der Waals surface area contributed by atoms with Crippen molar-refractivity contribution in [1.82, 2.24) is 0 Å². The van der Waals surface area contributed by atoms with Crippen LogP contribution in [0.1, 0.15) is 13.3 Å². The molecule has 0 amide bonds. The molecule has 0 aliphatic heterocycles. The van der Waals surface area contributed by atoms with E-state index in [1.807, 2.05) is 0 Å². The molecule has 0 atom stereocenters. The maximum atomic E-state index is 11.2. The van der Waals surface area contributed by atoms with Gasteiger partial charge in [0.15, 0.2) is 0 Å². The summed E-state index contributed by atoms with van der Waals surface area (Å²) in [5, 5.41) is 0. The summed E-state index contributed by atoms with van der Waals surface area (Å²) in [4.78, 5) is 0.00335. The number of hydrogen-bond acceptors (Lipinski definition) is 3. The van der Waals surface area contributed by atoms with E-state index in [1.165, 1.54) is 12.1 Å². The Bertz CT molecular complexity index is 579. The van der Waals surface area contributed by atoms with Gasteiger partial charge in [0, 0.05) is 17.1 Å². The van der Waals surface area contributed by atoms with Crippen molar-refractivity contribution >= 4 is 51.6 Å². The molecule has 0 saturated heterocycles. The zero-order chi connectivity index (χ0) is 13.8. The number of benzene rings is 1. The van der Waals surface area contributed by atoms with Gasteiger partial charge in [-0.25, -0.2) is 8.42 Å². The fourth-order valence-electron chi connectivity index (χ4n) is 1.14. The molecule has 7 heteroatoms. The Balaban J connectivity index is 2.97. The highest BCUT2D eigenvalue weighted by molar-refractivity contribution is 9.11. The molecule has 0 radical (unpaired) electrons. The molecule has 0 aromatic heterocycles. The van der Waals surface area contributed by atoms with Gasteiger partial charge in [-0.15, -0.1) is 11.8 Å². The van der Waals surface area contributed by atoms with Gasteiger partial charge in [0.25, 0.3) is 9.05 Å². The standard InChI is InChI=1S/C11H9Br2ClO3S/c1-2-3-4-5-17-11-9(12)6-8(7-10(11)13)18(14,15)16/h6-7H,4-5H2,1H3. The molecule has 98 valence electrons. The Hall–Kier alpha value is -0.220. The van der Waals surface area contributed by atoms with Crippen molar-refractivity contribution in [3.63, 3.8) is 0 Å². The van der Waals surface area contributed by atoms with Crippen LogP contribution >= 0.6 is 42.5 Å². The first-order valence-electron chi connectivity index (χ1n) is 4.82. The lowest BCUT2D eigenvalue weighted by atomic mass is 10.3. The van der Waals surface area contributed by atoms with Crippen molar-refractivity contribution in [1.29, 1.82) is 0 Å². The summed E-state index contributed by atoms with van der Waals surface area (Å²) in [6.45, 7) is 2.18. The van der Waals surface area contributed by atoms with Crippen molar-refractivity contribution in [3.05, 3.63) is 21.1 Å². The summed E-state index contributed by atoms with van der Waals surface area (Å²) < 4.78 is 29.0. The summed E-state index contributed by atoms with van der Waals surface area (Å²) in [7, 11) is 1.51. The topological polar surface area (TPSA) is 43.4 Å². The molecule has 0 fully saturated rings. The predicted molar refractivity (Wildman–Crippen MR) is 78.4 cm³/mol. The van der Waals surface area contributed by atoms with E-state index in [0.29, 0.717) is 27.7 Å². The third-order valence-corrected chi connectivity index (χ3v) is 4.41. The van der Waals surface area contributed by atoms with E-state index < -0.39 is 9.05 Å². The Labute approximate surface area is 128 Å². The molecule has 18 heavy (non-hydrogen) atoms. The first kappa shape index (κ1) is 15.8. The maximum Gasteiger partial charge on any atom is 0.261 e. The molecular weight excluding hydrogens is 407 g/mol. The molecule has 0 saturated carbocycles. The first-order valence-corrected chi connectivity index (χ1v) is 8.72. The molecule has 0 N–H and O–H groups in total. The van der Waals surface area contributed by atoms with E-state index in [2.05, 4.69) is 43.7 Å². The normalized spacial score (nSPS) is 10.7. The van der Waals surface area contributed by atoms with Gasteiger partial charge >= 0.3 is 0 Å². The van der Waals surface area contributed by atoms with Crippen molar-refractivity contribution in [2.45, 2.75) is 18.2 Å². The van der Waals surface area contributed by atoms with Crippen LogP contribution in [-0.2, 0) is 9.05 Å². The number of halogens is 3. The van der Waals surface area contributed by atoms with E-state index in [4.69, 9.17) is 15.4 Å². The number of hydrogen-bond donors (Lipinski definition) is 0. The lowest BCUT2D eigenvalue weighted by Crippen LogP contribution is -1.99. The van der Waals surface area contributed by atoms with Gasteiger partial charge in [-0.2, -0.15) is 0 Å². The summed E-state index contributed by atoms with van der Waals surface area (Å²) >= 11 is 6.49. The van der Waals surface area contributed by atoms with Gasteiger partial charge in [-0.05, 0) is 50.9 Å². The smallest absolute Gasteiger partial charge is 0.261 e. The van der Waals surface area contributed by atoms with Crippen LogP contribution in [-0.4, -0.2) is 15.0 Å². The molecule has 1 aromatic rings. The van der Waals surface area contributed by atoms with Gasteiger partial charge in [0.2, 0.25) is 0 Å². The molecular formula is C11H9Br2ClO3S. The molecule has 3 nitrogen and oxygen atoms in total. The van der Waals surface area contributed by atoms with Crippen LogP contribution in [0.3, 0.4) is 0 Å². The largest absolute Gasteiger partial charge is 0.490 e. The Morgan fingerprint density at radius 3 is 2.33 bits per heavy atom. The summed E-state index contributed by atoms with van der Waals surface area (Å²) in [5.74, 6) is 6.16. The molecule has 0 aliphatic rings. The van der Waals surface area contributed by atoms with Crippen LogP contribution in [0.4, 0.5) is 0 Å². The zero-order valence-electron chi connectivity index (χ0n) is 9.34. The van der Waals surface area contributed by atoms with Gasteiger partial charge < -0.3 is 4.74 Å². The fourth-order valence-corrected chi connectivity index (χ4v) is 3.65. The first-order chi connectivity index (χ1) is 8.36. The van der Waals surface area contributed by atoms with E-state index in [-0.39, 0.29) is 4.90 Å². The van der Waals surface area contributed by atoms with Crippen LogP contribution in [0.2, 0.25) is 0 Å². The highest BCUT2D eigenvalue weighted by Gasteiger charge is 2.16. The van der Waals surface area contributed by atoms with E-state index in [0.717, 1.165) is 0 Å². The Kier molecular flexibility index (Phi) is 5.99. The average molecular weight is 417 g/mol. The summed E-state index contributed by atoms with van der Waals surface area (Å²) in [5.41, 5.74) is 0. The highest BCUT2D eigenvalue weighted by Crippen LogP contribution is 2.36. The number of rotatable bonds is 4. The van der Waals surface area contributed by atoms with E-state index >= 15 is 0 Å². The summed E-state index contributed by atoms with van der Waals surface area (Å²) in [6, 6.07) is 2.79. The molecule has 0 bridgehead atoms. The third-order valence-electron chi connectivity index (χ3n) is 1.90. The lowest BCUT2D eigenvalue weighted by molar-refractivity contribution is 0.323. The van der Waals surface area contributed by atoms with Crippen molar-refractivity contribution < 1.29 is 13.2 Å². The molecule has 0 spiro atoms. The van der Waals surface area contributed by atoms with Crippen molar-refractivity contribution in [2.24, 2.45) is 0 Å².